The summed E-state index contributed by atoms with van der Waals surface area (Å²) in [6, 6.07) is 8.22. The van der Waals surface area contributed by atoms with Gasteiger partial charge in [0.1, 0.15) is 5.75 Å². The largest absolute Gasteiger partial charge is 0.491 e. The second-order valence-electron chi connectivity index (χ2n) is 6.54. The third-order valence-corrected chi connectivity index (χ3v) is 5.38. The monoisotopic (exact) mass is 343 g/mol. The number of nitrogens with two attached hydrogens (primary N) is 1. The molecule has 1 aromatic carbocycles. The quantitative estimate of drug-likeness (QED) is 0.880. The lowest BCUT2D eigenvalue weighted by Crippen LogP contribution is -2.35. The summed E-state index contributed by atoms with van der Waals surface area (Å²) in [6.45, 7) is 9.94. The molecule has 0 spiro atoms. The Hall–Kier alpha value is -2.01. The fourth-order valence-corrected chi connectivity index (χ4v) is 3.94. The average molecular weight is 343 g/mol. The average Bonchev–Trinajstić information content (AvgIpc) is 3.04. The van der Waals surface area contributed by atoms with E-state index >= 15 is 0 Å². The maximum absolute atomic E-state index is 5.84. The molecule has 0 amide bonds. The van der Waals surface area contributed by atoms with Crippen LogP contribution in [0.4, 0.5) is 5.13 Å². The van der Waals surface area contributed by atoms with Crippen LogP contribution in [0.15, 0.2) is 42.7 Å². The van der Waals surface area contributed by atoms with Gasteiger partial charge in [-0.2, -0.15) is 0 Å². The van der Waals surface area contributed by atoms with Crippen LogP contribution in [0.1, 0.15) is 26.7 Å². The van der Waals surface area contributed by atoms with E-state index < -0.39 is 0 Å². The smallest absolute Gasteiger partial charge is 0.185 e. The summed E-state index contributed by atoms with van der Waals surface area (Å²) in [6.07, 6.45) is 4.25. The molecule has 24 heavy (non-hydrogen) atoms. The van der Waals surface area contributed by atoms with E-state index in [2.05, 4.69) is 28.6 Å². The SMILES string of the molecule is C=C(N)C1CCN(c2ncc(-c3cccc(OC(C)C)c3)s2)CC1. The lowest BCUT2D eigenvalue weighted by molar-refractivity contribution is 0.242. The first-order valence-corrected chi connectivity index (χ1v) is 9.26. The second-order valence-corrected chi connectivity index (χ2v) is 7.55. The minimum absolute atomic E-state index is 0.177. The van der Waals surface area contributed by atoms with Crippen molar-refractivity contribution in [2.24, 2.45) is 11.7 Å². The number of piperidine rings is 1. The highest BCUT2D eigenvalue weighted by Gasteiger charge is 2.22. The van der Waals surface area contributed by atoms with Gasteiger partial charge in [0.25, 0.3) is 0 Å². The Balaban J connectivity index is 1.71. The Morgan fingerprint density at radius 3 is 2.79 bits per heavy atom. The predicted octanol–water partition coefficient (Wildman–Crippen LogP) is 4.29. The number of thiazole rings is 1. The van der Waals surface area contributed by atoms with Gasteiger partial charge in [-0.25, -0.2) is 4.98 Å². The van der Waals surface area contributed by atoms with Gasteiger partial charge in [0, 0.05) is 30.9 Å². The predicted molar refractivity (Wildman–Crippen MR) is 102 cm³/mol. The van der Waals surface area contributed by atoms with E-state index in [0.29, 0.717) is 5.92 Å². The fourth-order valence-electron chi connectivity index (χ4n) is 2.98. The summed E-state index contributed by atoms with van der Waals surface area (Å²) >= 11 is 1.74. The molecule has 1 fully saturated rings. The molecule has 2 aromatic rings. The number of nitrogens with zero attached hydrogens (tertiary/aromatic N) is 2. The molecule has 1 aromatic heterocycles. The maximum atomic E-state index is 5.84. The van der Waals surface area contributed by atoms with Crippen molar-refractivity contribution in [3.05, 3.63) is 42.7 Å². The molecule has 128 valence electrons. The van der Waals surface area contributed by atoms with Gasteiger partial charge >= 0.3 is 0 Å². The zero-order chi connectivity index (χ0) is 17.1. The van der Waals surface area contributed by atoms with Gasteiger partial charge in [-0.15, -0.1) is 0 Å². The number of anilines is 1. The number of hydrogen-bond acceptors (Lipinski definition) is 5. The lowest BCUT2D eigenvalue weighted by atomic mass is 9.95. The van der Waals surface area contributed by atoms with Crippen molar-refractivity contribution >= 4 is 16.5 Å². The number of ether oxygens (including phenoxy) is 1. The van der Waals surface area contributed by atoms with Crippen LogP contribution in [0.25, 0.3) is 10.4 Å². The third-order valence-electron chi connectivity index (χ3n) is 4.27. The van der Waals surface area contributed by atoms with E-state index in [1.54, 1.807) is 11.3 Å². The Labute approximate surface area is 148 Å². The zero-order valence-corrected chi connectivity index (χ0v) is 15.2. The number of benzene rings is 1. The van der Waals surface area contributed by atoms with Crippen LogP contribution in [0.5, 0.6) is 5.75 Å². The Bertz CT molecular complexity index is 702. The fraction of sp³-hybridized carbons (Fsp3) is 0.421. The molecular formula is C19H25N3OS. The summed E-state index contributed by atoms with van der Waals surface area (Å²) in [5.41, 5.74) is 7.81. The summed E-state index contributed by atoms with van der Waals surface area (Å²) < 4.78 is 5.79. The second kappa shape index (κ2) is 7.26. The molecule has 1 aliphatic rings. The van der Waals surface area contributed by atoms with E-state index in [0.717, 1.165) is 48.1 Å². The van der Waals surface area contributed by atoms with Crippen LogP contribution in [0, 0.1) is 5.92 Å². The molecule has 0 unspecified atom stereocenters. The van der Waals surface area contributed by atoms with Crippen molar-refractivity contribution < 1.29 is 4.74 Å². The van der Waals surface area contributed by atoms with Gasteiger partial charge in [-0.1, -0.05) is 30.0 Å². The molecule has 4 nitrogen and oxygen atoms in total. The number of allylic oxidation sites excluding steroid dienone is 1. The van der Waals surface area contributed by atoms with Gasteiger partial charge in [0.05, 0.1) is 11.0 Å². The molecule has 3 rings (SSSR count). The molecular weight excluding hydrogens is 318 g/mol. The van der Waals surface area contributed by atoms with Crippen molar-refractivity contribution in [3.8, 4) is 16.2 Å². The molecule has 0 bridgehead atoms. The highest BCUT2D eigenvalue weighted by molar-refractivity contribution is 7.18. The standard InChI is InChI=1S/C19H25N3OS/c1-13(2)23-17-6-4-5-16(11-17)18-12-21-19(24-18)22-9-7-15(8-10-22)14(3)20/h4-6,11-13,15H,3,7-10,20H2,1-2H3. The molecule has 5 heteroatoms. The summed E-state index contributed by atoms with van der Waals surface area (Å²) in [5, 5.41) is 1.08. The topological polar surface area (TPSA) is 51.4 Å². The highest BCUT2D eigenvalue weighted by atomic mass is 32.1. The van der Waals surface area contributed by atoms with Gasteiger partial charge < -0.3 is 15.4 Å². The minimum atomic E-state index is 0.177. The van der Waals surface area contributed by atoms with Gasteiger partial charge in [0.2, 0.25) is 0 Å². The Morgan fingerprint density at radius 1 is 1.38 bits per heavy atom. The lowest BCUT2D eigenvalue weighted by Gasteiger charge is -2.31. The first-order chi connectivity index (χ1) is 11.5. The third kappa shape index (κ3) is 3.90. The molecule has 0 atom stereocenters. The van der Waals surface area contributed by atoms with E-state index in [9.17, 15) is 0 Å². The van der Waals surface area contributed by atoms with E-state index in [1.165, 1.54) is 4.88 Å². The van der Waals surface area contributed by atoms with Gasteiger partial charge in [0.15, 0.2) is 5.13 Å². The molecule has 0 saturated carbocycles. The molecule has 0 radical (unpaired) electrons. The van der Waals surface area contributed by atoms with Crippen molar-refractivity contribution in [1.82, 2.24) is 4.98 Å². The minimum Gasteiger partial charge on any atom is -0.491 e. The van der Waals surface area contributed by atoms with E-state index in [1.807, 2.05) is 32.2 Å². The number of aromatic nitrogens is 1. The maximum Gasteiger partial charge on any atom is 0.185 e. The highest BCUT2D eigenvalue weighted by Crippen LogP contribution is 2.34. The summed E-state index contributed by atoms with van der Waals surface area (Å²) in [5.74, 6) is 1.35. The summed E-state index contributed by atoms with van der Waals surface area (Å²) in [4.78, 5) is 8.15. The molecule has 2 heterocycles. The number of rotatable bonds is 5. The Kier molecular flexibility index (Phi) is 5.09. The van der Waals surface area contributed by atoms with Crippen molar-refractivity contribution in [2.75, 3.05) is 18.0 Å². The Morgan fingerprint density at radius 2 is 2.12 bits per heavy atom. The van der Waals surface area contributed by atoms with Crippen LogP contribution in [-0.2, 0) is 0 Å². The van der Waals surface area contributed by atoms with Crippen LogP contribution in [0.2, 0.25) is 0 Å². The van der Waals surface area contributed by atoms with Crippen LogP contribution < -0.4 is 15.4 Å². The van der Waals surface area contributed by atoms with Gasteiger partial charge in [-0.3, -0.25) is 0 Å². The molecule has 1 saturated heterocycles. The summed E-state index contributed by atoms with van der Waals surface area (Å²) in [7, 11) is 0. The zero-order valence-electron chi connectivity index (χ0n) is 14.4. The normalized spacial score (nSPS) is 15.7. The first-order valence-electron chi connectivity index (χ1n) is 8.45. The molecule has 2 N–H and O–H groups in total. The van der Waals surface area contributed by atoms with Crippen molar-refractivity contribution in [2.45, 2.75) is 32.8 Å². The van der Waals surface area contributed by atoms with Crippen LogP contribution in [0.3, 0.4) is 0 Å². The number of hydrogen-bond donors (Lipinski definition) is 1. The first kappa shape index (κ1) is 16.8. The van der Waals surface area contributed by atoms with E-state index in [4.69, 9.17) is 10.5 Å². The van der Waals surface area contributed by atoms with Crippen molar-refractivity contribution in [1.29, 1.82) is 0 Å². The van der Waals surface area contributed by atoms with E-state index in [-0.39, 0.29) is 6.10 Å². The van der Waals surface area contributed by atoms with Gasteiger partial charge in [-0.05, 0) is 44.4 Å². The molecule has 0 aliphatic carbocycles. The van der Waals surface area contributed by atoms with Crippen LogP contribution in [-0.4, -0.2) is 24.2 Å². The van der Waals surface area contributed by atoms with Crippen molar-refractivity contribution in [3.63, 3.8) is 0 Å². The van der Waals surface area contributed by atoms with Crippen LogP contribution >= 0.6 is 11.3 Å². The molecule has 1 aliphatic heterocycles.